The summed E-state index contributed by atoms with van der Waals surface area (Å²) in [4.78, 5) is 0.0836. The van der Waals surface area contributed by atoms with Crippen molar-refractivity contribution in [2.45, 2.75) is 25.3 Å². The second kappa shape index (κ2) is 5.83. The zero-order chi connectivity index (χ0) is 15.6. The average molecular weight is 309 g/mol. The lowest BCUT2D eigenvalue weighted by molar-refractivity contribution is 0.282. The second-order valence-corrected chi connectivity index (χ2v) is 6.46. The Bertz CT molecular complexity index is 772. The van der Waals surface area contributed by atoms with Gasteiger partial charge in [0.1, 0.15) is 5.82 Å². The van der Waals surface area contributed by atoms with E-state index in [0.29, 0.717) is 5.56 Å². The Morgan fingerprint density at radius 3 is 2.52 bits per heavy atom. The summed E-state index contributed by atoms with van der Waals surface area (Å²) in [6.07, 6.45) is 0. The molecule has 2 rings (SSSR count). The van der Waals surface area contributed by atoms with E-state index in [1.165, 1.54) is 18.2 Å². The standard InChI is InChI=1S/C15H16FNO3S/c1-10-6-7-14(11(2)8-10)21(19,20)17-15-12(9-18)4-3-5-13(15)16/h3-8,17-18H,9H2,1-2H3. The van der Waals surface area contributed by atoms with Crippen LogP contribution in [0.1, 0.15) is 16.7 Å². The largest absolute Gasteiger partial charge is 0.392 e. The van der Waals surface area contributed by atoms with Crippen LogP contribution in [-0.4, -0.2) is 13.5 Å². The zero-order valence-electron chi connectivity index (χ0n) is 11.7. The Morgan fingerprint density at radius 1 is 1.19 bits per heavy atom. The summed E-state index contributed by atoms with van der Waals surface area (Å²) in [6.45, 7) is 3.08. The van der Waals surface area contributed by atoms with Crippen molar-refractivity contribution in [1.29, 1.82) is 0 Å². The normalized spacial score (nSPS) is 11.4. The number of aliphatic hydroxyl groups excluding tert-OH is 1. The molecule has 0 unspecified atom stereocenters. The van der Waals surface area contributed by atoms with Crippen LogP contribution in [0.3, 0.4) is 0 Å². The molecule has 112 valence electrons. The average Bonchev–Trinajstić information content (AvgIpc) is 2.40. The van der Waals surface area contributed by atoms with Crippen molar-refractivity contribution in [2.24, 2.45) is 0 Å². The van der Waals surface area contributed by atoms with Gasteiger partial charge in [0.2, 0.25) is 0 Å². The van der Waals surface area contributed by atoms with Crippen LogP contribution < -0.4 is 4.72 Å². The molecule has 0 saturated carbocycles. The molecule has 0 aliphatic rings. The van der Waals surface area contributed by atoms with E-state index in [-0.39, 0.29) is 16.1 Å². The van der Waals surface area contributed by atoms with Gasteiger partial charge in [-0.3, -0.25) is 4.72 Å². The first-order valence-corrected chi connectivity index (χ1v) is 7.82. The molecule has 0 amide bonds. The highest BCUT2D eigenvalue weighted by Crippen LogP contribution is 2.25. The van der Waals surface area contributed by atoms with Gasteiger partial charge in [-0.15, -0.1) is 0 Å². The highest BCUT2D eigenvalue weighted by atomic mass is 32.2. The molecule has 0 spiro atoms. The number of aliphatic hydroxyl groups is 1. The van der Waals surface area contributed by atoms with E-state index in [2.05, 4.69) is 4.72 Å². The van der Waals surface area contributed by atoms with Crippen LogP contribution in [0.4, 0.5) is 10.1 Å². The van der Waals surface area contributed by atoms with Crippen molar-refractivity contribution in [2.75, 3.05) is 4.72 Å². The zero-order valence-corrected chi connectivity index (χ0v) is 12.5. The number of aryl methyl sites for hydroxylation is 2. The van der Waals surface area contributed by atoms with E-state index in [4.69, 9.17) is 0 Å². The minimum absolute atomic E-state index is 0.0836. The van der Waals surface area contributed by atoms with Crippen LogP contribution in [0.5, 0.6) is 0 Å². The van der Waals surface area contributed by atoms with Gasteiger partial charge >= 0.3 is 0 Å². The topological polar surface area (TPSA) is 66.4 Å². The van der Waals surface area contributed by atoms with Gasteiger partial charge in [0.25, 0.3) is 10.0 Å². The molecule has 2 aromatic rings. The summed E-state index contributed by atoms with van der Waals surface area (Å²) in [7, 11) is -3.92. The minimum Gasteiger partial charge on any atom is -0.392 e. The van der Waals surface area contributed by atoms with Crippen LogP contribution in [-0.2, 0) is 16.6 Å². The third-order valence-electron chi connectivity index (χ3n) is 3.13. The van der Waals surface area contributed by atoms with Crippen LogP contribution in [0.25, 0.3) is 0 Å². The molecule has 0 fully saturated rings. The smallest absolute Gasteiger partial charge is 0.262 e. The van der Waals surface area contributed by atoms with Crippen molar-refractivity contribution < 1.29 is 17.9 Å². The van der Waals surface area contributed by atoms with Gasteiger partial charge in [-0.25, -0.2) is 12.8 Å². The van der Waals surface area contributed by atoms with Crippen molar-refractivity contribution in [1.82, 2.24) is 0 Å². The SMILES string of the molecule is Cc1ccc(S(=O)(=O)Nc2c(F)cccc2CO)c(C)c1. The van der Waals surface area contributed by atoms with Crippen molar-refractivity contribution in [3.05, 3.63) is 58.9 Å². The van der Waals surface area contributed by atoms with E-state index < -0.39 is 22.4 Å². The quantitative estimate of drug-likeness (QED) is 0.912. The Hall–Kier alpha value is -1.92. The minimum atomic E-state index is -3.92. The molecule has 0 heterocycles. The number of hydrogen-bond donors (Lipinski definition) is 2. The molecule has 2 N–H and O–H groups in total. The van der Waals surface area contributed by atoms with Crippen molar-refractivity contribution >= 4 is 15.7 Å². The number of nitrogens with one attached hydrogen (secondary N) is 1. The maximum Gasteiger partial charge on any atom is 0.262 e. The van der Waals surface area contributed by atoms with Gasteiger partial charge < -0.3 is 5.11 Å². The highest BCUT2D eigenvalue weighted by Gasteiger charge is 2.20. The molecular weight excluding hydrogens is 293 g/mol. The number of benzene rings is 2. The summed E-state index contributed by atoms with van der Waals surface area (Å²) in [5.74, 6) is -0.727. The summed E-state index contributed by atoms with van der Waals surface area (Å²) in [6, 6.07) is 8.91. The molecule has 0 bridgehead atoms. The van der Waals surface area contributed by atoms with Gasteiger partial charge in [-0.05, 0) is 31.5 Å². The predicted octanol–water partition coefficient (Wildman–Crippen LogP) is 2.74. The monoisotopic (exact) mass is 309 g/mol. The van der Waals surface area contributed by atoms with Gasteiger partial charge in [0.15, 0.2) is 0 Å². The summed E-state index contributed by atoms with van der Waals surface area (Å²) in [5.41, 5.74) is 1.47. The molecule has 21 heavy (non-hydrogen) atoms. The number of halogens is 1. The van der Waals surface area contributed by atoms with E-state index in [1.54, 1.807) is 19.1 Å². The molecule has 0 aliphatic heterocycles. The Morgan fingerprint density at radius 2 is 1.90 bits per heavy atom. The van der Waals surface area contributed by atoms with Gasteiger partial charge in [0.05, 0.1) is 17.2 Å². The lowest BCUT2D eigenvalue weighted by Crippen LogP contribution is -2.16. The summed E-state index contributed by atoms with van der Waals surface area (Å²) in [5, 5.41) is 9.20. The molecular formula is C15H16FNO3S. The maximum atomic E-state index is 13.8. The number of sulfonamides is 1. The van der Waals surface area contributed by atoms with E-state index in [0.717, 1.165) is 11.6 Å². The van der Waals surface area contributed by atoms with Crippen LogP contribution in [0.2, 0.25) is 0 Å². The molecule has 2 aromatic carbocycles. The molecule has 0 aliphatic carbocycles. The Kier molecular flexibility index (Phi) is 4.29. The molecule has 6 heteroatoms. The maximum absolute atomic E-state index is 13.8. The van der Waals surface area contributed by atoms with Gasteiger partial charge in [-0.1, -0.05) is 29.8 Å². The first-order valence-electron chi connectivity index (χ1n) is 6.33. The molecule has 0 radical (unpaired) electrons. The molecule has 0 aromatic heterocycles. The predicted molar refractivity (Wildman–Crippen MR) is 79.0 cm³/mol. The lowest BCUT2D eigenvalue weighted by Gasteiger charge is -2.14. The molecule has 0 saturated heterocycles. The van der Waals surface area contributed by atoms with Gasteiger partial charge in [-0.2, -0.15) is 0 Å². The molecule has 4 nitrogen and oxygen atoms in total. The number of anilines is 1. The fourth-order valence-corrected chi connectivity index (χ4v) is 3.44. The van der Waals surface area contributed by atoms with E-state index in [1.807, 2.05) is 6.92 Å². The summed E-state index contributed by atoms with van der Waals surface area (Å²) < 4.78 is 40.8. The first kappa shape index (κ1) is 15.5. The van der Waals surface area contributed by atoms with Crippen molar-refractivity contribution in [3.63, 3.8) is 0 Å². The van der Waals surface area contributed by atoms with E-state index in [9.17, 15) is 17.9 Å². The van der Waals surface area contributed by atoms with Crippen LogP contribution in [0, 0.1) is 19.7 Å². The molecule has 0 atom stereocenters. The Balaban J connectivity index is 2.47. The lowest BCUT2D eigenvalue weighted by atomic mass is 10.2. The second-order valence-electron chi connectivity index (χ2n) is 4.81. The number of para-hydroxylation sites is 1. The van der Waals surface area contributed by atoms with Crippen LogP contribution in [0.15, 0.2) is 41.3 Å². The van der Waals surface area contributed by atoms with Crippen molar-refractivity contribution in [3.8, 4) is 0 Å². The fourth-order valence-electron chi connectivity index (χ4n) is 2.11. The van der Waals surface area contributed by atoms with Crippen LogP contribution >= 0.6 is 0 Å². The fraction of sp³-hybridized carbons (Fsp3) is 0.200. The third-order valence-corrected chi connectivity index (χ3v) is 4.64. The highest BCUT2D eigenvalue weighted by molar-refractivity contribution is 7.92. The number of hydrogen-bond acceptors (Lipinski definition) is 3. The third kappa shape index (κ3) is 3.22. The summed E-state index contributed by atoms with van der Waals surface area (Å²) >= 11 is 0. The van der Waals surface area contributed by atoms with Gasteiger partial charge in [0, 0.05) is 5.56 Å². The first-order chi connectivity index (χ1) is 9.85. The number of rotatable bonds is 4. The Labute approximate surface area is 123 Å². The van der Waals surface area contributed by atoms with E-state index >= 15 is 0 Å².